The molecule has 24 heavy (non-hydrogen) atoms. The van der Waals surface area contributed by atoms with Crippen molar-refractivity contribution >= 4 is 22.8 Å². The molecule has 4 aromatic rings. The van der Waals surface area contributed by atoms with Crippen molar-refractivity contribution in [2.24, 2.45) is 0 Å². The number of hydrogen-bond donors (Lipinski definition) is 0. The van der Waals surface area contributed by atoms with Crippen molar-refractivity contribution in [2.75, 3.05) is 0 Å². The van der Waals surface area contributed by atoms with Crippen LogP contribution in [0.5, 0.6) is 0 Å². The van der Waals surface area contributed by atoms with Gasteiger partial charge in [0.25, 0.3) is 0 Å². The minimum atomic E-state index is 0.213. The molecule has 0 N–H and O–H groups in total. The Morgan fingerprint density at radius 2 is 1.54 bits per heavy atom. The van der Waals surface area contributed by atoms with Gasteiger partial charge in [-0.05, 0) is 42.1 Å². The monoisotopic (exact) mass is 335 g/mol. The predicted molar refractivity (Wildman–Crippen MR) is 93.3 cm³/mol. The topological polar surface area (TPSA) is 56.5 Å². The molecule has 5 nitrogen and oxygen atoms in total. The smallest absolute Gasteiger partial charge is 0.221 e. The Morgan fingerprint density at radius 3 is 2.29 bits per heavy atom. The Bertz CT molecular complexity index is 967. The van der Waals surface area contributed by atoms with Gasteiger partial charge in [-0.15, -0.1) is 5.10 Å². The molecule has 6 heteroatoms. The van der Waals surface area contributed by atoms with Gasteiger partial charge in [0.05, 0.1) is 11.4 Å². The SMILES string of the molecule is Clc1nc(CCc2ccccc2)c2nnn(-c3ccccc3)c2n1. The molecule has 0 spiro atoms. The maximum absolute atomic E-state index is 6.13. The third kappa shape index (κ3) is 2.86. The fraction of sp³-hybridized carbons (Fsp3) is 0.111. The Morgan fingerprint density at radius 1 is 0.833 bits per heavy atom. The van der Waals surface area contributed by atoms with E-state index < -0.39 is 0 Å². The first kappa shape index (κ1) is 14.8. The Hall–Kier alpha value is -2.79. The van der Waals surface area contributed by atoms with E-state index in [0.29, 0.717) is 11.2 Å². The van der Waals surface area contributed by atoms with E-state index in [-0.39, 0.29) is 5.28 Å². The van der Waals surface area contributed by atoms with Crippen molar-refractivity contribution in [1.82, 2.24) is 25.0 Å². The number of aryl methyl sites for hydroxylation is 2. The molecule has 0 unspecified atom stereocenters. The van der Waals surface area contributed by atoms with E-state index in [1.807, 2.05) is 48.5 Å². The lowest BCUT2D eigenvalue weighted by molar-refractivity contribution is 0.817. The average Bonchev–Trinajstić information content (AvgIpc) is 3.05. The lowest BCUT2D eigenvalue weighted by Gasteiger charge is -2.04. The van der Waals surface area contributed by atoms with Gasteiger partial charge in [0.15, 0.2) is 11.2 Å². The van der Waals surface area contributed by atoms with Crippen LogP contribution < -0.4 is 0 Å². The number of para-hydroxylation sites is 1. The van der Waals surface area contributed by atoms with E-state index in [4.69, 9.17) is 11.6 Å². The minimum absolute atomic E-state index is 0.213. The summed E-state index contributed by atoms with van der Waals surface area (Å²) in [5, 5.41) is 8.72. The number of benzene rings is 2. The second-order valence-corrected chi connectivity index (χ2v) is 5.77. The van der Waals surface area contributed by atoms with Crippen LogP contribution in [0.4, 0.5) is 0 Å². The largest absolute Gasteiger partial charge is 0.224 e. The molecule has 0 amide bonds. The molecule has 2 aromatic heterocycles. The van der Waals surface area contributed by atoms with Gasteiger partial charge in [-0.25, -0.2) is 4.98 Å². The summed E-state index contributed by atoms with van der Waals surface area (Å²) in [5.74, 6) is 0. The third-order valence-corrected chi connectivity index (χ3v) is 4.01. The van der Waals surface area contributed by atoms with E-state index in [1.165, 1.54) is 5.56 Å². The molecule has 0 aliphatic rings. The molecule has 0 aliphatic heterocycles. The first-order valence-corrected chi connectivity index (χ1v) is 8.06. The highest BCUT2D eigenvalue weighted by molar-refractivity contribution is 6.28. The van der Waals surface area contributed by atoms with Crippen LogP contribution in [0, 0.1) is 0 Å². The van der Waals surface area contributed by atoms with E-state index in [1.54, 1.807) is 4.68 Å². The lowest BCUT2D eigenvalue weighted by atomic mass is 10.1. The number of fused-ring (bicyclic) bond motifs is 1. The summed E-state index contributed by atoms with van der Waals surface area (Å²) < 4.78 is 1.69. The summed E-state index contributed by atoms with van der Waals surface area (Å²) in [4.78, 5) is 8.68. The van der Waals surface area contributed by atoms with Crippen molar-refractivity contribution in [3.8, 4) is 5.69 Å². The van der Waals surface area contributed by atoms with E-state index in [0.717, 1.165) is 24.2 Å². The van der Waals surface area contributed by atoms with Crippen molar-refractivity contribution in [1.29, 1.82) is 0 Å². The molecule has 118 valence electrons. The number of hydrogen-bond acceptors (Lipinski definition) is 4. The van der Waals surface area contributed by atoms with Gasteiger partial charge < -0.3 is 0 Å². The summed E-state index contributed by atoms with van der Waals surface area (Å²) in [6.07, 6.45) is 1.59. The molecule has 0 radical (unpaired) electrons. The first-order valence-electron chi connectivity index (χ1n) is 7.68. The predicted octanol–water partition coefficient (Wildman–Crippen LogP) is 3.65. The normalized spacial score (nSPS) is 11.0. The Balaban J connectivity index is 1.73. The molecule has 2 aromatic carbocycles. The Kier molecular flexibility index (Phi) is 3.92. The highest BCUT2D eigenvalue weighted by atomic mass is 35.5. The van der Waals surface area contributed by atoms with E-state index in [9.17, 15) is 0 Å². The number of halogens is 1. The van der Waals surface area contributed by atoms with Crippen molar-refractivity contribution < 1.29 is 0 Å². The Labute approximate surface area is 143 Å². The highest BCUT2D eigenvalue weighted by Gasteiger charge is 2.15. The zero-order valence-electron chi connectivity index (χ0n) is 12.8. The van der Waals surface area contributed by atoms with Crippen LogP contribution in [-0.4, -0.2) is 25.0 Å². The van der Waals surface area contributed by atoms with Gasteiger partial charge in [0.1, 0.15) is 0 Å². The molecular formula is C18H14ClN5. The molecule has 0 fully saturated rings. The maximum atomic E-state index is 6.13. The number of rotatable bonds is 4. The van der Waals surface area contributed by atoms with Gasteiger partial charge in [-0.1, -0.05) is 53.7 Å². The number of aromatic nitrogens is 5. The lowest BCUT2D eigenvalue weighted by Crippen LogP contribution is -2.01. The van der Waals surface area contributed by atoms with Crippen LogP contribution in [0.25, 0.3) is 16.9 Å². The van der Waals surface area contributed by atoms with Crippen molar-refractivity contribution in [3.63, 3.8) is 0 Å². The molecule has 0 saturated carbocycles. The molecular weight excluding hydrogens is 322 g/mol. The molecule has 4 rings (SSSR count). The summed E-state index contributed by atoms with van der Waals surface area (Å²) in [5.41, 5.74) is 4.28. The second-order valence-electron chi connectivity index (χ2n) is 5.43. The first-order chi connectivity index (χ1) is 11.8. The van der Waals surface area contributed by atoms with Crippen LogP contribution in [0.15, 0.2) is 60.7 Å². The van der Waals surface area contributed by atoms with Crippen LogP contribution >= 0.6 is 11.6 Å². The molecule has 0 atom stereocenters. The third-order valence-electron chi connectivity index (χ3n) is 3.84. The van der Waals surface area contributed by atoms with Crippen LogP contribution in [-0.2, 0) is 12.8 Å². The van der Waals surface area contributed by atoms with Gasteiger partial charge in [-0.3, -0.25) is 0 Å². The number of nitrogens with zero attached hydrogens (tertiary/aromatic N) is 5. The summed E-state index contributed by atoms with van der Waals surface area (Å²) in [7, 11) is 0. The molecule has 0 bridgehead atoms. The van der Waals surface area contributed by atoms with Crippen molar-refractivity contribution in [2.45, 2.75) is 12.8 Å². The fourth-order valence-corrected chi connectivity index (χ4v) is 2.85. The summed E-state index contributed by atoms with van der Waals surface area (Å²) in [6, 6.07) is 20.0. The fourth-order valence-electron chi connectivity index (χ4n) is 2.67. The molecule has 2 heterocycles. The van der Waals surface area contributed by atoms with E-state index in [2.05, 4.69) is 32.4 Å². The van der Waals surface area contributed by atoms with Gasteiger partial charge in [-0.2, -0.15) is 9.67 Å². The van der Waals surface area contributed by atoms with Crippen LogP contribution in [0.1, 0.15) is 11.3 Å². The van der Waals surface area contributed by atoms with Gasteiger partial charge >= 0.3 is 0 Å². The zero-order valence-corrected chi connectivity index (χ0v) is 13.6. The standard InChI is InChI=1S/C18H14ClN5/c19-18-20-15(12-11-13-7-3-1-4-8-13)16-17(21-18)24(23-22-16)14-9-5-2-6-10-14/h1-10H,11-12H2. The highest BCUT2D eigenvalue weighted by Crippen LogP contribution is 2.20. The molecule has 0 saturated heterocycles. The summed E-state index contributed by atoms with van der Waals surface area (Å²) in [6.45, 7) is 0. The average molecular weight is 336 g/mol. The maximum Gasteiger partial charge on any atom is 0.224 e. The second kappa shape index (κ2) is 6.37. The quantitative estimate of drug-likeness (QED) is 0.534. The van der Waals surface area contributed by atoms with Crippen LogP contribution in [0.2, 0.25) is 5.28 Å². The summed E-state index contributed by atoms with van der Waals surface area (Å²) >= 11 is 6.13. The van der Waals surface area contributed by atoms with Gasteiger partial charge in [0, 0.05) is 0 Å². The zero-order chi connectivity index (χ0) is 16.4. The van der Waals surface area contributed by atoms with Crippen LogP contribution in [0.3, 0.4) is 0 Å². The molecule has 0 aliphatic carbocycles. The van der Waals surface area contributed by atoms with Crippen molar-refractivity contribution in [3.05, 3.63) is 77.2 Å². The van der Waals surface area contributed by atoms with Gasteiger partial charge in [0.2, 0.25) is 5.28 Å². The minimum Gasteiger partial charge on any atom is -0.221 e. The van der Waals surface area contributed by atoms with E-state index >= 15 is 0 Å².